The second kappa shape index (κ2) is 7.23. The molecule has 6 nitrogen and oxygen atoms in total. The lowest BCUT2D eigenvalue weighted by Crippen LogP contribution is -2.04. The Morgan fingerprint density at radius 2 is 1.84 bits per heavy atom. The van der Waals surface area contributed by atoms with E-state index >= 15 is 0 Å². The zero-order chi connectivity index (χ0) is 17.8. The van der Waals surface area contributed by atoms with Crippen LogP contribution in [0.5, 0.6) is 5.75 Å². The third kappa shape index (κ3) is 4.07. The van der Waals surface area contributed by atoms with Crippen LogP contribution in [0.2, 0.25) is 5.15 Å². The molecule has 2 aromatic carbocycles. The Morgan fingerprint density at radius 1 is 1.04 bits per heavy atom. The van der Waals surface area contributed by atoms with Gasteiger partial charge < -0.3 is 9.72 Å². The topological polar surface area (TPSA) is 80.8 Å². The zero-order valence-electron chi connectivity index (χ0n) is 13.0. The predicted molar refractivity (Wildman–Crippen MR) is 93.4 cm³/mol. The van der Waals surface area contributed by atoms with Crippen molar-refractivity contribution in [2.75, 3.05) is 7.11 Å². The van der Waals surface area contributed by atoms with Gasteiger partial charge in [-0.3, -0.25) is 9.78 Å². The SMILES string of the molecule is COc1ccc2ncc(Cl)nc2c1.O=c1cnc2cc(F)ccc2[nH]1. The number of hydrogen-bond acceptors (Lipinski definition) is 5. The average molecular weight is 359 g/mol. The Bertz CT molecular complexity index is 1100. The monoisotopic (exact) mass is 358 g/mol. The van der Waals surface area contributed by atoms with Gasteiger partial charge in [0.25, 0.3) is 5.56 Å². The van der Waals surface area contributed by atoms with E-state index in [2.05, 4.69) is 19.9 Å². The summed E-state index contributed by atoms with van der Waals surface area (Å²) in [6.07, 6.45) is 2.65. The number of nitrogens with zero attached hydrogens (tertiary/aromatic N) is 3. The third-order valence-corrected chi connectivity index (χ3v) is 3.44. The number of benzene rings is 2. The predicted octanol–water partition coefficient (Wildman–Crippen LogP) is 3.35. The van der Waals surface area contributed by atoms with Gasteiger partial charge in [-0.2, -0.15) is 0 Å². The van der Waals surface area contributed by atoms with E-state index in [1.165, 1.54) is 24.4 Å². The van der Waals surface area contributed by atoms with E-state index in [4.69, 9.17) is 16.3 Å². The summed E-state index contributed by atoms with van der Waals surface area (Å²) in [6.45, 7) is 0. The van der Waals surface area contributed by atoms with Gasteiger partial charge in [0.05, 0.1) is 41.6 Å². The standard InChI is InChI=1S/C9H7ClN2O.C8H5FN2O/c1-13-6-2-3-7-8(4-6)12-9(10)5-11-7;9-5-1-2-6-7(3-5)10-4-8(12)11-6/h2-5H,1H3;1-4H,(H,11,12). The van der Waals surface area contributed by atoms with Crippen molar-refractivity contribution in [3.05, 3.63) is 70.1 Å². The molecule has 0 radical (unpaired) electrons. The summed E-state index contributed by atoms with van der Waals surface area (Å²) in [6, 6.07) is 9.51. The van der Waals surface area contributed by atoms with Crippen molar-refractivity contribution in [1.29, 1.82) is 0 Å². The van der Waals surface area contributed by atoms with Gasteiger partial charge >= 0.3 is 0 Å². The first-order valence-electron chi connectivity index (χ1n) is 7.16. The van der Waals surface area contributed by atoms with Crippen molar-refractivity contribution in [1.82, 2.24) is 19.9 Å². The van der Waals surface area contributed by atoms with Gasteiger partial charge in [0.2, 0.25) is 0 Å². The second-order valence-corrected chi connectivity index (χ2v) is 5.34. The largest absolute Gasteiger partial charge is 0.497 e. The summed E-state index contributed by atoms with van der Waals surface area (Å²) >= 11 is 5.70. The van der Waals surface area contributed by atoms with Crippen molar-refractivity contribution in [2.45, 2.75) is 0 Å². The number of nitrogens with one attached hydrogen (secondary N) is 1. The summed E-state index contributed by atoms with van der Waals surface area (Å²) < 4.78 is 17.7. The molecule has 0 bridgehead atoms. The fourth-order valence-corrected chi connectivity index (χ4v) is 2.25. The van der Waals surface area contributed by atoms with Gasteiger partial charge in [-0.25, -0.2) is 14.4 Å². The average Bonchev–Trinajstić information content (AvgIpc) is 2.62. The van der Waals surface area contributed by atoms with E-state index in [0.717, 1.165) is 23.0 Å². The van der Waals surface area contributed by atoms with Crippen LogP contribution < -0.4 is 10.3 Å². The highest BCUT2D eigenvalue weighted by Crippen LogP contribution is 2.18. The minimum atomic E-state index is -0.359. The summed E-state index contributed by atoms with van der Waals surface area (Å²) in [5.74, 6) is 0.395. The molecule has 0 amide bonds. The summed E-state index contributed by atoms with van der Waals surface area (Å²) in [4.78, 5) is 25.3. The quantitative estimate of drug-likeness (QED) is 0.564. The maximum absolute atomic E-state index is 12.6. The Hall–Kier alpha value is -3.06. The molecule has 0 atom stereocenters. The number of aromatic nitrogens is 4. The molecule has 4 aromatic rings. The molecule has 2 aromatic heterocycles. The number of hydrogen-bond donors (Lipinski definition) is 1. The molecule has 2 heterocycles. The van der Waals surface area contributed by atoms with Gasteiger partial charge in [-0.15, -0.1) is 0 Å². The van der Waals surface area contributed by atoms with Crippen LogP contribution in [0.4, 0.5) is 4.39 Å². The lowest BCUT2D eigenvalue weighted by Gasteiger charge is -2.00. The van der Waals surface area contributed by atoms with Gasteiger partial charge in [0.15, 0.2) is 0 Å². The molecule has 0 fully saturated rings. The molecule has 0 aliphatic heterocycles. The first-order chi connectivity index (χ1) is 12.0. The van der Waals surface area contributed by atoms with Crippen molar-refractivity contribution >= 4 is 33.7 Å². The smallest absolute Gasteiger partial charge is 0.266 e. The molecule has 4 rings (SSSR count). The van der Waals surface area contributed by atoms with E-state index in [1.807, 2.05) is 12.1 Å². The molecule has 0 saturated carbocycles. The molecule has 0 unspecified atom stereocenters. The maximum atomic E-state index is 12.6. The van der Waals surface area contributed by atoms with Crippen molar-refractivity contribution < 1.29 is 9.13 Å². The van der Waals surface area contributed by atoms with Gasteiger partial charge in [0, 0.05) is 12.1 Å². The second-order valence-electron chi connectivity index (χ2n) is 4.96. The highest BCUT2D eigenvalue weighted by molar-refractivity contribution is 6.29. The molecule has 126 valence electrons. The first-order valence-corrected chi connectivity index (χ1v) is 7.54. The van der Waals surface area contributed by atoms with Gasteiger partial charge in [-0.1, -0.05) is 11.6 Å². The van der Waals surface area contributed by atoms with Crippen LogP contribution in [-0.2, 0) is 0 Å². The molecular weight excluding hydrogens is 347 g/mol. The van der Waals surface area contributed by atoms with Crippen LogP contribution in [-0.4, -0.2) is 27.0 Å². The van der Waals surface area contributed by atoms with Crippen molar-refractivity contribution in [3.63, 3.8) is 0 Å². The Morgan fingerprint density at radius 3 is 2.64 bits per heavy atom. The summed E-state index contributed by atoms with van der Waals surface area (Å²) in [5, 5.41) is 0.390. The van der Waals surface area contributed by atoms with Crippen molar-refractivity contribution in [2.24, 2.45) is 0 Å². The van der Waals surface area contributed by atoms with Crippen LogP contribution >= 0.6 is 11.6 Å². The summed E-state index contributed by atoms with van der Waals surface area (Å²) in [5.41, 5.74) is 2.27. The lowest BCUT2D eigenvalue weighted by atomic mass is 10.3. The molecule has 1 N–H and O–H groups in total. The first kappa shape index (κ1) is 16.8. The Labute approximate surface area is 146 Å². The van der Waals surface area contributed by atoms with Crippen LogP contribution in [0.25, 0.3) is 22.1 Å². The normalized spacial score (nSPS) is 10.4. The number of methoxy groups -OCH3 is 1. The molecule has 0 aliphatic carbocycles. The fraction of sp³-hybridized carbons (Fsp3) is 0.0588. The van der Waals surface area contributed by atoms with E-state index in [-0.39, 0.29) is 11.4 Å². The van der Waals surface area contributed by atoms with E-state index in [0.29, 0.717) is 16.2 Å². The highest BCUT2D eigenvalue weighted by Gasteiger charge is 1.99. The van der Waals surface area contributed by atoms with Crippen LogP contribution in [0, 0.1) is 5.82 Å². The van der Waals surface area contributed by atoms with Crippen LogP contribution in [0.15, 0.2) is 53.6 Å². The number of aromatic amines is 1. The maximum Gasteiger partial charge on any atom is 0.266 e. The molecule has 0 saturated heterocycles. The number of halogens is 2. The molecule has 0 spiro atoms. The zero-order valence-corrected chi connectivity index (χ0v) is 13.8. The van der Waals surface area contributed by atoms with E-state index < -0.39 is 0 Å². The number of rotatable bonds is 1. The number of ether oxygens (including phenoxy) is 1. The fourth-order valence-electron chi connectivity index (χ4n) is 2.11. The minimum absolute atomic E-state index is 0.283. The van der Waals surface area contributed by atoms with Crippen molar-refractivity contribution in [3.8, 4) is 5.75 Å². The Balaban J connectivity index is 0.000000146. The molecule has 25 heavy (non-hydrogen) atoms. The van der Waals surface area contributed by atoms with Crippen LogP contribution in [0.3, 0.4) is 0 Å². The van der Waals surface area contributed by atoms with E-state index in [9.17, 15) is 9.18 Å². The Kier molecular flexibility index (Phi) is 4.85. The third-order valence-electron chi connectivity index (χ3n) is 3.26. The number of fused-ring (bicyclic) bond motifs is 2. The number of H-pyrrole nitrogens is 1. The molecular formula is C17H12ClFN4O2. The summed E-state index contributed by atoms with van der Waals surface area (Å²) in [7, 11) is 1.61. The van der Waals surface area contributed by atoms with Gasteiger partial charge in [-0.05, 0) is 24.3 Å². The minimum Gasteiger partial charge on any atom is -0.497 e. The van der Waals surface area contributed by atoms with Crippen LogP contribution in [0.1, 0.15) is 0 Å². The highest BCUT2D eigenvalue weighted by atomic mass is 35.5. The van der Waals surface area contributed by atoms with Gasteiger partial charge in [0.1, 0.15) is 16.7 Å². The lowest BCUT2D eigenvalue weighted by molar-refractivity contribution is 0.415. The van der Waals surface area contributed by atoms with E-state index in [1.54, 1.807) is 13.2 Å². The molecule has 8 heteroatoms. The molecule has 0 aliphatic rings.